The molecule has 20 heavy (non-hydrogen) atoms. The van der Waals surface area contributed by atoms with E-state index in [-0.39, 0.29) is 6.61 Å². The van der Waals surface area contributed by atoms with E-state index in [9.17, 15) is 31.1 Å². The molecule has 1 aromatic rings. The first-order chi connectivity index (χ1) is 8.96. The number of hydrogen-bond donors (Lipinski definition) is 0. The molecule has 0 aromatic carbocycles. The van der Waals surface area contributed by atoms with Crippen molar-refractivity contribution in [2.75, 3.05) is 6.61 Å². The van der Waals surface area contributed by atoms with Gasteiger partial charge in [-0.15, -0.1) is 0 Å². The molecule has 0 saturated heterocycles. The summed E-state index contributed by atoms with van der Waals surface area (Å²) in [5.74, 6) is -14.8. The van der Waals surface area contributed by atoms with Crippen LogP contribution >= 0.6 is 11.6 Å². The summed E-state index contributed by atoms with van der Waals surface area (Å²) in [6.45, 7) is 1.09. The summed E-state index contributed by atoms with van der Waals surface area (Å²) in [6.07, 6.45) is 0.470. The maximum Gasteiger partial charge on any atom is 0.394 e. The fourth-order valence-corrected chi connectivity index (χ4v) is 1.36. The quantitative estimate of drug-likeness (QED) is 0.466. The van der Waals surface area contributed by atoms with Gasteiger partial charge < -0.3 is 9.15 Å². The molecule has 0 aliphatic heterocycles. The van der Waals surface area contributed by atoms with Crippen molar-refractivity contribution in [3.8, 4) is 0 Å². The fraction of sp³-hybridized carbons (Fsp3) is 0.500. The van der Waals surface area contributed by atoms with Crippen LogP contribution in [-0.2, 0) is 10.7 Å². The molecule has 0 N–H and O–H groups in total. The Hall–Kier alpha value is -1.38. The lowest BCUT2D eigenvalue weighted by atomic mass is 10.1. The van der Waals surface area contributed by atoms with Gasteiger partial charge in [0.1, 0.15) is 5.56 Å². The van der Waals surface area contributed by atoms with Gasteiger partial charge in [-0.25, -0.2) is 4.79 Å². The van der Waals surface area contributed by atoms with Gasteiger partial charge in [-0.2, -0.15) is 26.3 Å². The Kier molecular flexibility index (Phi) is 4.33. The minimum atomic E-state index is -5.97. The molecule has 1 rings (SSSR count). The normalized spacial score (nSPS) is 13.4. The van der Waals surface area contributed by atoms with Crippen LogP contribution in [0, 0.1) is 0 Å². The monoisotopic (exact) mass is 324 g/mol. The molecule has 0 radical (unpaired) electrons. The first kappa shape index (κ1) is 16.7. The highest BCUT2D eigenvalue weighted by Gasteiger charge is 2.73. The maximum absolute atomic E-state index is 13.5. The number of halogens is 7. The van der Waals surface area contributed by atoms with Crippen LogP contribution in [0.1, 0.15) is 23.0 Å². The lowest BCUT2D eigenvalue weighted by Crippen LogP contribution is -2.49. The average Bonchev–Trinajstić information content (AvgIpc) is 2.76. The Balaban J connectivity index is 3.31. The number of carbonyl (C=O) groups excluding carboxylic acids is 1. The molecule has 0 unspecified atom stereocenters. The van der Waals surface area contributed by atoms with Crippen LogP contribution in [0.15, 0.2) is 16.7 Å². The predicted octanol–water partition coefficient (Wildman–Crippen LogP) is 4.02. The molecule has 0 aliphatic carbocycles. The summed E-state index contributed by atoms with van der Waals surface area (Å²) in [5, 5.41) is -5.55. The molecule has 114 valence electrons. The molecule has 1 heterocycles. The second-order valence-electron chi connectivity index (χ2n) is 3.53. The summed E-state index contributed by atoms with van der Waals surface area (Å²) in [7, 11) is 0. The number of alkyl halides is 7. The summed E-state index contributed by atoms with van der Waals surface area (Å²) >= 11 is 4.00. The van der Waals surface area contributed by atoms with Gasteiger partial charge in [0, 0.05) is 0 Å². The highest BCUT2D eigenvalue weighted by Crippen LogP contribution is 2.53. The Morgan fingerprint density at radius 2 is 1.85 bits per heavy atom. The summed E-state index contributed by atoms with van der Waals surface area (Å²) < 4.78 is 86.4. The molecular weight excluding hydrogens is 318 g/mol. The van der Waals surface area contributed by atoms with Crippen LogP contribution in [0.4, 0.5) is 26.3 Å². The third-order valence-corrected chi connectivity index (χ3v) is 2.43. The number of furan rings is 1. The van der Waals surface area contributed by atoms with Crippen molar-refractivity contribution in [2.24, 2.45) is 0 Å². The van der Waals surface area contributed by atoms with Crippen molar-refractivity contribution in [1.29, 1.82) is 0 Å². The van der Waals surface area contributed by atoms with Crippen LogP contribution in [-0.4, -0.2) is 23.9 Å². The number of hydrogen-bond acceptors (Lipinski definition) is 3. The van der Waals surface area contributed by atoms with Gasteiger partial charge in [0.15, 0.2) is 5.76 Å². The molecule has 0 atom stereocenters. The smallest absolute Gasteiger partial charge is 0.394 e. The van der Waals surface area contributed by atoms with Gasteiger partial charge >= 0.3 is 23.2 Å². The van der Waals surface area contributed by atoms with Crippen molar-refractivity contribution >= 4 is 17.6 Å². The van der Waals surface area contributed by atoms with E-state index in [4.69, 9.17) is 0 Å². The lowest BCUT2D eigenvalue weighted by Gasteiger charge is -2.28. The Morgan fingerprint density at radius 3 is 2.30 bits per heavy atom. The van der Waals surface area contributed by atoms with Crippen LogP contribution in [0.25, 0.3) is 0 Å². The van der Waals surface area contributed by atoms with Crippen LogP contribution in [0.2, 0.25) is 0 Å². The van der Waals surface area contributed by atoms with E-state index in [0.717, 1.165) is 0 Å². The highest BCUT2D eigenvalue weighted by molar-refractivity contribution is 6.22. The Bertz CT molecular complexity index is 493. The summed E-state index contributed by atoms with van der Waals surface area (Å²) in [5.41, 5.74) is -1.09. The molecule has 0 spiro atoms. The third kappa shape index (κ3) is 2.58. The van der Waals surface area contributed by atoms with E-state index < -0.39 is 34.5 Å². The second-order valence-corrected chi connectivity index (χ2v) is 4.01. The molecular formula is C10H7ClF6O3. The van der Waals surface area contributed by atoms with Gasteiger partial charge in [-0.05, 0) is 24.6 Å². The predicted molar refractivity (Wildman–Crippen MR) is 54.3 cm³/mol. The van der Waals surface area contributed by atoms with E-state index in [2.05, 4.69) is 20.8 Å². The van der Waals surface area contributed by atoms with E-state index in [1.54, 1.807) is 0 Å². The molecule has 0 fully saturated rings. The minimum absolute atomic E-state index is 0.239. The molecule has 0 bridgehead atoms. The molecule has 1 aromatic heterocycles. The van der Waals surface area contributed by atoms with Crippen molar-refractivity contribution in [3.63, 3.8) is 0 Å². The number of rotatable bonds is 5. The summed E-state index contributed by atoms with van der Waals surface area (Å²) in [4.78, 5) is 11.3. The molecule has 0 amide bonds. The Labute approximate surface area is 113 Å². The van der Waals surface area contributed by atoms with Crippen molar-refractivity contribution in [1.82, 2.24) is 0 Å². The van der Waals surface area contributed by atoms with E-state index >= 15 is 0 Å². The number of carbonyl (C=O) groups is 1. The van der Waals surface area contributed by atoms with Crippen LogP contribution < -0.4 is 0 Å². The first-order valence-electron chi connectivity index (χ1n) is 5.04. The lowest BCUT2D eigenvalue weighted by molar-refractivity contribution is -0.292. The standard InChI is InChI=1S/C10H7ClF6O3/c1-2-19-7(18)5-3-4-20-6(5)8(12,13)9(14,15)10(11,16)17/h3-4H,2H2,1H3. The number of ether oxygens (including phenoxy) is 1. The van der Waals surface area contributed by atoms with Gasteiger partial charge in [0.05, 0.1) is 12.9 Å². The molecule has 3 nitrogen and oxygen atoms in total. The Morgan fingerprint density at radius 1 is 1.30 bits per heavy atom. The van der Waals surface area contributed by atoms with Crippen molar-refractivity contribution in [2.45, 2.75) is 24.2 Å². The molecule has 0 saturated carbocycles. The number of esters is 1. The zero-order valence-corrected chi connectivity index (χ0v) is 10.5. The second kappa shape index (κ2) is 5.19. The van der Waals surface area contributed by atoms with E-state index in [1.807, 2.05) is 0 Å². The largest absolute Gasteiger partial charge is 0.462 e. The van der Waals surface area contributed by atoms with Gasteiger partial charge in [-0.3, -0.25) is 0 Å². The summed E-state index contributed by atoms with van der Waals surface area (Å²) in [6, 6.07) is 0.601. The third-order valence-electron chi connectivity index (χ3n) is 2.20. The zero-order chi connectivity index (χ0) is 15.8. The van der Waals surface area contributed by atoms with Gasteiger partial charge in [0.25, 0.3) is 0 Å². The minimum Gasteiger partial charge on any atom is -0.462 e. The topological polar surface area (TPSA) is 39.4 Å². The zero-order valence-electron chi connectivity index (χ0n) is 9.73. The SMILES string of the molecule is CCOC(=O)c1ccoc1C(F)(F)C(F)(F)C(F)(F)Cl. The van der Waals surface area contributed by atoms with E-state index in [0.29, 0.717) is 12.3 Å². The van der Waals surface area contributed by atoms with Gasteiger partial charge in [0.2, 0.25) is 0 Å². The van der Waals surface area contributed by atoms with Crippen LogP contribution in [0.5, 0.6) is 0 Å². The first-order valence-corrected chi connectivity index (χ1v) is 5.42. The fourth-order valence-electron chi connectivity index (χ4n) is 1.24. The van der Waals surface area contributed by atoms with Crippen LogP contribution in [0.3, 0.4) is 0 Å². The van der Waals surface area contributed by atoms with E-state index in [1.165, 1.54) is 6.92 Å². The molecule has 0 aliphatic rings. The average molecular weight is 325 g/mol. The van der Waals surface area contributed by atoms with Crippen molar-refractivity contribution < 1.29 is 40.3 Å². The highest BCUT2D eigenvalue weighted by atomic mass is 35.5. The maximum atomic E-state index is 13.5. The van der Waals surface area contributed by atoms with Crippen molar-refractivity contribution in [3.05, 3.63) is 23.7 Å². The van der Waals surface area contributed by atoms with Gasteiger partial charge in [-0.1, -0.05) is 0 Å². The molecule has 10 heteroatoms.